The summed E-state index contributed by atoms with van der Waals surface area (Å²) in [5.41, 5.74) is 2.93. The van der Waals surface area contributed by atoms with Gasteiger partial charge in [0.2, 0.25) is 0 Å². The van der Waals surface area contributed by atoms with E-state index in [4.69, 9.17) is 0 Å². The van der Waals surface area contributed by atoms with Crippen LogP contribution in [0.3, 0.4) is 0 Å². The van der Waals surface area contributed by atoms with Crippen LogP contribution in [0.5, 0.6) is 0 Å². The monoisotopic (exact) mass is 401 g/mol. The fourth-order valence-corrected chi connectivity index (χ4v) is 3.73. The van der Waals surface area contributed by atoms with Crippen LogP contribution in [0.4, 0.5) is 0 Å². The van der Waals surface area contributed by atoms with Gasteiger partial charge in [-0.3, -0.25) is 9.59 Å². The highest BCUT2D eigenvalue weighted by atomic mass is 16.2. The summed E-state index contributed by atoms with van der Waals surface area (Å²) in [6.07, 6.45) is 2.11. The van der Waals surface area contributed by atoms with Crippen LogP contribution >= 0.6 is 0 Å². The summed E-state index contributed by atoms with van der Waals surface area (Å²) in [4.78, 5) is 32.4. The first-order valence-electron chi connectivity index (χ1n) is 10.4. The molecular weight excluding hydrogens is 374 g/mol. The van der Waals surface area contributed by atoms with Crippen LogP contribution in [-0.4, -0.2) is 15.9 Å². The van der Waals surface area contributed by atoms with E-state index in [0.29, 0.717) is 11.7 Å². The van der Waals surface area contributed by atoms with Crippen LogP contribution in [0.15, 0.2) is 65.5 Å². The molecule has 2 N–H and O–H groups in total. The molecule has 0 saturated heterocycles. The summed E-state index contributed by atoms with van der Waals surface area (Å²) in [5.74, 6) is 0.522. The van der Waals surface area contributed by atoms with E-state index in [1.165, 1.54) is 11.6 Å². The van der Waals surface area contributed by atoms with Gasteiger partial charge in [0.05, 0.1) is 6.04 Å². The lowest BCUT2D eigenvalue weighted by atomic mass is 9.90. The number of hydrogen-bond donors (Lipinski definition) is 2. The van der Waals surface area contributed by atoms with Crippen LogP contribution in [0.2, 0.25) is 0 Å². The Morgan fingerprint density at radius 2 is 1.67 bits per heavy atom. The molecule has 30 heavy (non-hydrogen) atoms. The number of carbonyl (C=O) groups excluding carboxylic acids is 1. The molecular formula is C25H27N3O2. The zero-order valence-corrected chi connectivity index (χ0v) is 17.6. The molecule has 1 atom stereocenters. The van der Waals surface area contributed by atoms with Gasteiger partial charge in [-0.05, 0) is 35.3 Å². The molecule has 1 aromatic heterocycles. The molecule has 2 aromatic carbocycles. The molecule has 1 aliphatic carbocycles. The van der Waals surface area contributed by atoms with Gasteiger partial charge in [-0.25, -0.2) is 4.98 Å². The fourth-order valence-electron chi connectivity index (χ4n) is 3.73. The van der Waals surface area contributed by atoms with E-state index in [2.05, 4.69) is 60.3 Å². The van der Waals surface area contributed by atoms with Crippen molar-refractivity contribution in [3.8, 4) is 11.4 Å². The summed E-state index contributed by atoms with van der Waals surface area (Å²) in [6.45, 7) is 6.52. The second kappa shape index (κ2) is 7.90. The molecule has 5 nitrogen and oxygen atoms in total. The lowest BCUT2D eigenvalue weighted by molar-refractivity contribution is 0.0913. The SMILES string of the molecule is CC(C)c1ccc([C@H](NC(=O)c2cc(=O)[nH]c(-c3ccccc3)n2)C2(C)CC2)cc1. The normalized spacial score (nSPS) is 15.6. The van der Waals surface area contributed by atoms with Crippen molar-refractivity contribution in [3.05, 3.63) is 87.8 Å². The highest BCUT2D eigenvalue weighted by molar-refractivity contribution is 5.93. The minimum atomic E-state index is -0.343. The standard InChI is InChI=1S/C25H27N3O2/c1-16(2)17-9-11-18(12-10-17)22(25(3)13-14-25)28-24(30)20-15-21(29)27-23(26-20)19-7-5-4-6-8-19/h4-12,15-16,22H,13-14H2,1-3H3,(H,28,30)(H,26,27,29)/t22-/m0/s1. The van der Waals surface area contributed by atoms with E-state index in [0.717, 1.165) is 24.0 Å². The van der Waals surface area contributed by atoms with Gasteiger partial charge >= 0.3 is 0 Å². The average Bonchev–Trinajstić information content (AvgIpc) is 3.50. The van der Waals surface area contributed by atoms with Gasteiger partial charge in [-0.2, -0.15) is 0 Å². The molecule has 3 aromatic rings. The number of nitrogens with one attached hydrogen (secondary N) is 2. The van der Waals surface area contributed by atoms with Crippen molar-refractivity contribution in [1.29, 1.82) is 0 Å². The van der Waals surface area contributed by atoms with Gasteiger partial charge in [0.25, 0.3) is 11.5 Å². The summed E-state index contributed by atoms with van der Waals surface area (Å²) in [6, 6.07) is 18.9. The summed E-state index contributed by atoms with van der Waals surface area (Å²) in [7, 11) is 0. The van der Waals surface area contributed by atoms with Crippen molar-refractivity contribution in [2.75, 3.05) is 0 Å². The predicted molar refractivity (Wildman–Crippen MR) is 118 cm³/mol. The molecule has 4 rings (SSSR count). The predicted octanol–water partition coefficient (Wildman–Crippen LogP) is 4.83. The minimum Gasteiger partial charge on any atom is -0.343 e. The summed E-state index contributed by atoms with van der Waals surface area (Å²) >= 11 is 0. The number of aromatic nitrogens is 2. The summed E-state index contributed by atoms with van der Waals surface area (Å²) < 4.78 is 0. The molecule has 0 unspecified atom stereocenters. The Kier molecular flexibility index (Phi) is 5.29. The Morgan fingerprint density at radius 1 is 1.03 bits per heavy atom. The molecule has 0 spiro atoms. The van der Waals surface area contributed by atoms with Crippen molar-refractivity contribution >= 4 is 5.91 Å². The number of H-pyrrole nitrogens is 1. The molecule has 1 saturated carbocycles. The Bertz CT molecular complexity index is 1100. The van der Waals surface area contributed by atoms with Gasteiger partial charge in [0.15, 0.2) is 0 Å². The Morgan fingerprint density at radius 3 is 2.27 bits per heavy atom. The van der Waals surface area contributed by atoms with Crippen LogP contribution in [0.1, 0.15) is 67.2 Å². The lowest BCUT2D eigenvalue weighted by Gasteiger charge is -2.26. The molecule has 1 amide bonds. The Labute approximate surface area is 176 Å². The third kappa shape index (κ3) is 4.20. The maximum absolute atomic E-state index is 13.1. The van der Waals surface area contributed by atoms with Gasteiger partial charge < -0.3 is 10.3 Å². The van der Waals surface area contributed by atoms with Crippen molar-refractivity contribution in [1.82, 2.24) is 15.3 Å². The second-order valence-corrected chi connectivity index (χ2v) is 8.73. The zero-order chi connectivity index (χ0) is 21.3. The quantitative estimate of drug-likeness (QED) is 0.621. The topological polar surface area (TPSA) is 74.8 Å². The number of hydrogen-bond acceptors (Lipinski definition) is 3. The maximum atomic E-state index is 13.1. The largest absolute Gasteiger partial charge is 0.343 e. The number of nitrogens with zero attached hydrogens (tertiary/aromatic N) is 1. The van der Waals surface area contributed by atoms with Gasteiger partial charge in [0, 0.05) is 11.6 Å². The molecule has 5 heteroatoms. The molecule has 0 bridgehead atoms. The van der Waals surface area contributed by atoms with Crippen molar-refractivity contribution in [2.45, 2.75) is 45.6 Å². The van der Waals surface area contributed by atoms with Gasteiger partial charge in [-0.15, -0.1) is 0 Å². The van der Waals surface area contributed by atoms with Crippen LogP contribution in [0.25, 0.3) is 11.4 Å². The van der Waals surface area contributed by atoms with Crippen LogP contribution in [0, 0.1) is 5.41 Å². The van der Waals surface area contributed by atoms with Crippen LogP contribution < -0.4 is 10.9 Å². The van der Waals surface area contributed by atoms with Crippen molar-refractivity contribution in [3.63, 3.8) is 0 Å². The first kappa shape index (κ1) is 20.1. The van der Waals surface area contributed by atoms with E-state index < -0.39 is 0 Å². The van der Waals surface area contributed by atoms with E-state index in [1.807, 2.05) is 30.3 Å². The second-order valence-electron chi connectivity index (χ2n) is 8.73. The Hall–Kier alpha value is -3.21. The maximum Gasteiger partial charge on any atom is 0.270 e. The number of rotatable bonds is 6. The van der Waals surface area contributed by atoms with E-state index >= 15 is 0 Å². The molecule has 0 aliphatic heterocycles. The molecule has 1 fully saturated rings. The lowest BCUT2D eigenvalue weighted by Crippen LogP contribution is -2.34. The van der Waals surface area contributed by atoms with Crippen molar-refractivity contribution < 1.29 is 4.79 Å². The first-order chi connectivity index (χ1) is 14.4. The molecule has 1 aliphatic rings. The van der Waals surface area contributed by atoms with Gasteiger partial charge in [0.1, 0.15) is 11.5 Å². The van der Waals surface area contributed by atoms with Crippen molar-refractivity contribution in [2.24, 2.45) is 5.41 Å². The minimum absolute atomic E-state index is 0.0263. The third-order valence-corrected chi connectivity index (χ3v) is 5.97. The third-order valence-electron chi connectivity index (χ3n) is 5.97. The Balaban J connectivity index is 1.62. The van der Waals surface area contributed by atoms with E-state index in [-0.39, 0.29) is 28.6 Å². The zero-order valence-electron chi connectivity index (χ0n) is 17.6. The number of amides is 1. The number of aromatic amines is 1. The first-order valence-corrected chi connectivity index (χ1v) is 10.4. The highest BCUT2D eigenvalue weighted by Crippen LogP contribution is 2.54. The molecule has 154 valence electrons. The van der Waals surface area contributed by atoms with Crippen LogP contribution in [-0.2, 0) is 0 Å². The fraction of sp³-hybridized carbons (Fsp3) is 0.320. The van der Waals surface area contributed by atoms with E-state index in [1.54, 1.807) is 0 Å². The molecule has 1 heterocycles. The highest BCUT2D eigenvalue weighted by Gasteiger charge is 2.46. The smallest absolute Gasteiger partial charge is 0.270 e. The average molecular weight is 402 g/mol. The number of benzene rings is 2. The van der Waals surface area contributed by atoms with E-state index in [9.17, 15) is 9.59 Å². The molecule has 0 radical (unpaired) electrons. The van der Waals surface area contributed by atoms with Gasteiger partial charge in [-0.1, -0.05) is 75.4 Å². The summed E-state index contributed by atoms with van der Waals surface area (Å²) in [5, 5.41) is 3.15. The number of carbonyl (C=O) groups is 1.